The topological polar surface area (TPSA) is 164 Å². The van der Waals surface area contributed by atoms with Crippen LogP contribution in [0.5, 0.6) is 34.6 Å². The van der Waals surface area contributed by atoms with Crippen LogP contribution in [0.25, 0.3) is 0 Å². The molecule has 1 aliphatic heterocycles. The Labute approximate surface area is 258 Å². The van der Waals surface area contributed by atoms with Crippen molar-refractivity contribution in [2.45, 2.75) is 38.2 Å². The Hall–Kier alpha value is -5.20. The van der Waals surface area contributed by atoms with Crippen molar-refractivity contribution in [3.05, 3.63) is 78.0 Å². The molecule has 2 aromatic carbocycles. The number of aliphatic carboxylic acids is 1. The van der Waals surface area contributed by atoms with Crippen molar-refractivity contribution < 1.29 is 38.0 Å². The van der Waals surface area contributed by atoms with Gasteiger partial charge in [-0.3, -0.25) is 15.2 Å². The minimum Gasteiger partial charge on any atom is -0.504 e. The van der Waals surface area contributed by atoms with Crippen molar-refractivity contribution in [1.29, 1.82) is 5.41 Å². The highest BCUT2D eigenvalue weighted by atomic mass is 19.1. The third-order valence-corrected chi connectivity index (χ3v) is 8.35. The summed E-state index contributed by atoms with van der Waals surface area (Å²) in [4.78, 5) is 22.4. The summed E-state index contributed by atoms with van der Waals surface area (Å²) < 4.78 is 48.4. The first-order valence-corrected chi connectivity index (χ1v) is 14.2. The predicted molar refractivity (Wildman–Crippen MR) is 162 cm³/mol. The van der Waals surface area contributed by atoms with Gasteiger partial charge in [0.1, 0.15) is 34.2 Å². The molecule has 5 rings (SSSR count). The van der Waals surface area contributed by atoms with E-state index in [0.717, 1.165) is 12.8 Å². The third-order valence-electron chi connectivity index (χ3n) is 8.35. The number of benzene rings is 2. The van der Waals surface area contributed by atoms with Gasteiger partial charge in [0.05, 0.1) is 18.3 Å². The Kier molecular flexibility index (Phi) is 8.37. The molecule has 2 aliphatic rings. The molecule has 1 aliphatic carbocycles. The zero-order chi connectivity index (χ0) is 32.5. The van der Waals surface area contributed by atoms with Gasteiger partial charge in [-0.15, -0.1) is 0 Å². The van der Waals surface area contributed by atoms with Crippen LogP contribution in [0.2, 0.25) is 0 Å². The van der Waals surface area contributed by atoms with E-state index in [0.29, 0.717) is 49.3 Å². The van der Waals surface area contributed by atoms with Gasteiger partial charge in [-0.1, -0.05) is 13.0 Å². The van der Waals surface area contributed by atoms with Crippen LogP contribution in [0.1, 0.15) is 43.7 Å². The molecule has 2 unspecified atom stereocenters. The van der Waals surface area contributed by atoms with Gasteiger partial charge in [0.2, 0.25) is 11.6 Å². The largest absolute Gasteiger partial charge is 0.504 e. The van der Waals surface area contributed by atoms with Gasteiger partial charge in [-0.25, -0.2) is 9.37 Å². The second kappa shape index (κ2) is 12.1. The standard InChI is InChI=1S/C32H33F2N5O6/c1-4-32(12-6-5-11-31(32,2)30(41)42)45-19-8-10-23(20(16-19)28-37-13-14-39(28)3)43-26-21(33)17-38-29(25(26)34)44-24-15-18(27(35)36)7-9-22(24)40/h4,7-10,15-17,40H,1,5-6,11-14H2,2-3H3,(H3,35,36)(H,41,42). The lowest BCUT2D eigenvalue weighted by atomic mass is 9.64. The number of phenolic OH excluding ortho intramolecular Hbond substituents is 1. The number of nitrogens with one attached hydrogen (secondary N) is 1. The van der Waals surface area contributed by atoms with Crippen molar-refractivity contribution in [2.75, 3.05) is 20.1 Å². The molecular weight excluding hydrogens is 588 g/mol. The number of likely N-dealkylation sites (N-methyl/N-ethyl adjacent to an activating group) is 1. The van der Waals surface area contributed by atoms with Crippen LogP contribution in [-0.4, -0.2) is 63.5 Å². The summed E-state index contributed by atoms with van der Waals surface area (Å²) >= 11 is 0. The Morgan fingerprint density at radius 1 is 1.16 bits per heavy atom. The number of nitrogens with zero attached hydrogens (tertiary/aromatic N) is 3. The second-order valence-corrected chi connectivity index (χ2v) is 11.2. The third kappa shape index (κ3) is 5.73. The highest BCUT2D eigenvalue weighted by molar-refractivity contribution is 6.02. The monoisotopic (exact) mass is 621 g/mol. The molecule has 0 saturated heterocycles. The van der Waals surface area contributed by atoms with Crippen LogP contribution in [0.3, 0.4) is 0 Å². The van der Waals surface area contributed by atoms with E-state index in [-0.39, 0.29) is 28.6 Å². The second-order valence-electron chi connectivity index (χ2n) is 11.2. The molecule has 13 heteroatoms. The van der Waals surface area contributed by atoms with E-state index in [1.54, 1.807) is 20.0 Å². The molecule has 1 fully saturated rings. The van der Waals surface area contributed by atoms with E-state index in [1.807, 2.05) is 4.90 Å². The lowest BCUT2D eigenvalue weighted by molar-refractivity contribution is -0.163. The predicted octanol–water partition coefficient (Wildman–Crippen LogP) is 5.59. The normalized spacial score (nSPS) is 21.2. The number of hydrogen-bond donors (Lipinski definition) is 4. The van der Waals surface area contributed by atoms with Crippen LogP contribution < -0.4 is 19.9 Å². The number of rotatable bonds is 10. The molecule has 0 radical (unpaired) electrons. The lowest BCUT2D eigenvalue weighted by Crippen LogP contribution is -2.56. The molecule has 1 aromatic heterocycles. The van der Waals surface area contributed by atoms with E-state index < -0.39 is 40.2 Å². The summed E-state index contributed by atoms with van der Waals surface area (Å²) in [5, 5.41) is 27.9. The molecule has 0 spiro atoms. The smallest absolute Gasteiger partial charge is 0.313 e. The van der Waals surface area contributed by atoms with Gasteiger partial charge in [0, 0.05) is 19.2 Å². The number of carboxylic acids is 1. The maximum Gasteiger partial charge on any atom is 0.313 e. The number of nitrogens with two attached hydrogens (primary N) is 1. The molecule has 3 aromatic rings. The molecule has 5 N–H and O–H groups in total. The molecule has 236 valence electrons. The number of aliphatic imine (C=N–C) groups is 1. The number of carbonyl (C=O) groups is 1. The summed E-state index contributed by atoms with van der Waals surface area (Å²) in [6.07, 6.45) is 4.57. The van der Waals surface area contributed by atoms with Gasteiger partial charge in [-0.05, 0) is 68.7 Å². The van der Waals surface area contributed by atoms with Crippen LogP contribution in [-0.2, 0) is 4.79 Å². The first-order chi connectivity index (χ1) is 21.4. The fourth-order valence-electron chi connectivity index (χ4n) is 5.62. The van der Waals surface area contributed by atoms with E-state index in [9.17, 15) is 15.0 Å². The molecule has 0 amide bonds. The van der Waals surface area contributed by atoms with E-state index in [2.05, 4.69) is 16.6 Å². The zero-order valence-corrected chi connectivity index (χ0v) is 24.8. The SMILES string of the molecule is C=CC1(Oc2ccc(Oc3c(F)cnc(Oc4cc(C(=N)N)ccc4O)c3F)c(C3=NCCN3C)c2)CCCCC1(C)C(=O)O. The summed E-state index contributed by atoms with van der Waals surface area (Å²) in [5.74, 6) is -5.09. The van der Waals surface area contributed by atoms with Crippen LogP contribution in [0.4, 0.5) is 8.78 Å². The van der Waals surface area contributed by atoms with Crippen molar-refractivity contribution in [3.8, 4) is 34.6 Å². The minimum atomic E-state index is -1.29. The lowest BCUT2D eigenvalue weighted by Gasteiger charge is -2.47. The van der Waals surface area contributed by atoms with E-state index in [1.165, 1.54) is 36.4 Å². The van der Waals surface area contributed by atoms with Gasteiger partial charge in [0.25, 0.3) is 5.88 Å². The van der Waals surface area contributed by atoms with Crippen molar-refractivity contribution in [3.63, 3.8) is 0 Å². The number of pyridine rings is 1. The number of phenols is 1. The number of nitrogen functional groups attached to an aromatic ring is 1. The Morgan fingerprint density at radius 2 is 1.91 bits per heavy atom. The average molecular weight is 622 g/mol. The fraction of sp³-hybridized carbons (Fsp3) is 0.312. The van der Waals surface area contributed by atoms with Gasteiger partial charge in [-0.2, -0.15) is 4.39 Å². The van der Waals surface area contributed by atoms with E-state index in [4.69, 9.17) is 25.4 Å². The maximum atomic E-state index is 15.7. The number of amidine groups is 2. The quantitative estimate of drug-likeness (QED) is 0.128. The molecule has 11 nitrogen and oxygen atoms in total. The molecular formula is C32H33F2N5O6. The summed E-state index contributed by atoms with van der Waals surface area (Å²) in [5.41, 5.74) is 3.61. The number of aromatic hydroxyl groups is 1. The maximum absolute atomic E-state index is 15.7. The van der Waals surface area contributed by atoms with Crippen molar-refractivity contribution in [2.24, 2.45) is 16.1 Å². The Morgan fingerprint density at radius 3 is 2.58 bits per heavy atom. The Bertz CT molecular complexity index is 1720. The van der Waals surface area contributed by atoms with Crippen LogP contribution >= 0.6 is 0 Å². The molecule has 0 bridgehead atoms. The number of ether oxygens (including phenoxy) is 3. The van der Waals surface area contributed by atoms with Gasteiger partial charge >= 0.3 is 5.97 Å². The number of hydrogen-bond acceptors (Lipinski definition) is 9. The summed E-state index contributed by atoms with van der Waals surface area (Å²) in [7, 11) is 1.80. The molecule has 2 atom stereocenters. The highest BCUT2D eigenvalue weighted by Gasteiger charge is 2.55. The van der Waals surface area contributed by atoms with Crippen molar-refractivity contribution in [1.82, 2.24) is 9.88 Å². The number of aromatic nitrogens is 1. The molecule has 45 heavy (non-hydrogen) atoms. The highest BCUT2D eigenvalue weighted by Crippen LogP contribution is 2.48. The van der Waals surface area contributed by atoms with Crippen molar-refractivity contribution >= 4 is 17.6 Å². The molecule has 2 heterocycles. The summed E-state index contributed by atoms with van der Waals surface area (Å²) in [6, 6.07) is 8.37. The average Bonchev–Trinajstić information content (AvgIpc) is 3.44. The van der Waals surface area contributed by atoms with Crippen LogP contribution in [0, 0.1) is 22.5 Å². The molecule has 1 saturated carbocycles. The number of carboxylic acid groups (broad SMARTS) is 1. The fourth-order valence-corrected chi connectivity index (χ4v) is 5.62. The van der Waals surface area contributed by atoms with E-state index >= 15 is 8.78 Å². The number of halogens is 2. The van der Waals surface area contributed by atoms with Gasteiger partial charge < -0.3 is 35.1 Å². The first-order valence-electron chi connectivity index (χ1n) is 14.2. The zero-order valence-electron chi connectivity index (χ0n) is 24.8. The Balaban J connectivity index is 1.53. The van der Waals surface area contributed by atoms with Gasteiger partial charge in [0.15, 0.2) is 17.3 Å². The minimum absolute atomic E-state index is 0.0310. The first kappa shape index (κ1) is 31.2. The summed E-state index contributed by atoms with van der Waals surface area (Å²) in [6.45, 7) is 6.63. The van der Waals surface area contributed by atoms with Crippen LogP contribution in [0.15, 0.2) is 60.2 Å².